The summed E-state index contributed by atoms with van der Waals surface area (Å²) in [5.74, 6) is -0.847. The molecule has 0 heterocycles. The van der Waals surface area contributed by atoms with E-state index in [-0.39, 0.29) is 11.8 Å². The van der Waals surface area contributed by atoms with Crippen LogP contribution in [0.5, 0.6) is 0 Å². The summed E-state index contributed by atoms with van der Waals surface area (Å²) >= 11 is 0. The van der Waals surface area contributed by atoms with Crippen LogP contribution >= 0.6 is 0 Å². The highest BCUT2D eigenvalue weighted by molar-refractivity contribution is 7.89. The molecule has 0 aromatic heterocycles. The topological polar surface area (TPSA) is 86.7 Å². The van der Waals surface area contributed by atoms with Gasteiger partial charge >= 0.3 is 5.97 Å². The molecule has 0 saturated heterocycles. The van der Waals surface area contributed by atoms with E-state index < -0.39 is 16.0 Å². The third-order valence-electron chi connectivity index (χ3n) is 6.89. The molecule has 1 aliphatic rings. The largest absolute Gasteiger partial charge is 0.481 e. The van der Waals surface area contributed by atoms with E-state index in [1.54, 1.807) is 12.1 Å². The maximum atomic E-state index is 13.4. The Balaban J connectivity index is 1.56. The molecule has 7 heteroatoms. The third kappa shape index (κ3) is 5.26. The van der Waals surface area contributed by atoms with Gasteiger partial charge in [-0.3, -0.25) is 4.79 Å². The summed E-state index contributed by atoms with van der Waals surface area (Å²) in [5, 5.41) is 10.6. The van der Waals surface area contributed by atoms with Crippen molar-refractivity contribution in [1.82, 2.24) is 4.72 Å². The molecule has 3 aromatic rings. The van der Waals surface area contributed by atoms with E-state index >= 15 is 0 Å². The van der Waals surface area contributed by atoms with E-state index in [2.05, 4.69) is 4.72 Å². The van der Waals surface area contributed by atoms with Gasteiger partial charge in [0.05, 0.1) is 11.3 Å². The van der Waals surface area contributed by atoms with Crippen molar-refractivity contribution >= 4 is 32.5 Å². The zero-order valence-electron chi connectivity index (χ0n) is 19.8. The maximum Gasteiger partial charge on any atom is 0.307 e. The molecule has 1 fully saturated rings. The molecule has 0 bridgehead atoms. The molecule has 0 unspecified atom stereocenters. The molecule has 4 rings (SSSR count). The van der Waals surface area contributed by atoms with E-state index in [0.29, 0.717) is 11.4 Å². The summed E-state index contributed by atoms with van der Waals surface area (Å²) < 4.78 is 29.8. The van der Waals surface area contributed by atoms with E-state index in [4.69, 9.17) is 5.11 Å². The van der Waals surface area contributed by atoms with Crippen molar-refractivity contribution in [3.8, 4) is 0 Å². The molecule has 0 atom stereocenters. The Labute approximate surface area is 201 Å². The van der Waals surface area contributed by atoms with Gasteiger partial charge < -0.3 is 10.0 Å². The van der Waals surface area contributed by atoms with Crippen LogP contribution in [0, 0.1) is 5.41 Å². The molecular weight excluding hydrogens is 448 g/mol. The maximum absolute atomic E-state index is 13.4. The van der Waals surface area contributed by atoms with Crippen LogP contribution in [0.15, 0.2) is 65.6 Å². The standard InChI is InChI=1S/C27H32N2O4S/c1-29(2)24-9-5-8-23-22(24)7-6-10-25(23)34(32,33)28-19-27(15-3-4-16-27)18-21-13-11-20(12-14-21)17-26(30)31/h5-14,28H,3-4,15-19H2,1-2H3,(H,30,31). The van der Waals surface area contributed by atoms with Crippen LogP contribution in [-0.4, -0.2) is 40.1 Å². The number of fused-ring (bicyclic) bond motifs is 1. The molecule has 6 nitrogen and oxygen atoms in total. The summed E-state index contributed by atoms with van der Waals surface area (Å²) in [6, 6.07) is 18.8. The van der Waals surface area contributed by atoms with E-state index in [0.717, 1.165) is 59.7 Å². The minimum absolute atomic E-state index is 0.00574. The Morgan fingerprint density at radius 3 is 2.21 bits per heavy atom. The lowest BCUT2D eigenvalue weighted by Gasteiger charge is -2.29. The van der Waals surface area contributed by atoms with Crippen LogP contribution in [0.4, 0.5) is 5.69 Å². The van der Waals surface area contributed by atoms with Gasteiger partial charge in [0.1, 0.15) is 0 Å². The van der Waals surface area contributed by atoms with Gasteiger partial charge in [-0.25, -0.2) is 13.1 Å². The second-order valence-corrected chi connectivity index (χ2v) is 11.4. The van der Waals surface area contributed by atoms with Crippen LogP contribution in [0.2, 0.25) is 0 Å². The molecular formula is C27H32N2O4S. The third-order valence-corrected chi connectivity index (χ3v) is 8.35. The summed E-state index contributed by atoms with van der Waals surface area (Å²) in [5.41, 5.74) is 2.72. The Hall–Kier alpha value is -2.90. The zero-order valence-corrected chi connectivity index (χ0v) is 20.6. The highest BCUT2D eigenvalue weighted by atomic mass is 32.2. The average Bonchev–Trinajstić information content (AvgIpc) is 3.26. The number of aliphatic carboxylic acids is 1. The Morgan fingerprint density at radius 2 is 1.56 bits per heavy atom. The molecule has 0 aliphatic heterocycles. The first-order chi connectivity index (χ1) is 16.2. The predicted octanol–water partition coefficient (Wildman–Crippen LogP) is 4.61. The number of benzene rings is 3. The fraction of sp³-hybridized carbons (Fsp3) is 0.370. The van der Waals surface area contributed by atoms with Crippen LogP contribution < -0.4 is 9.62 Å². The lowest BCUT2D eigenvalue weighted by atomic mass is 9.80. The highest BCUT2D eigenvalue weighted by Gasteiger charge is 2.35. The number of anilines is 1. The second-order valence-electron chi connectivity index (χ2n) is 9.62. The van der Waals surface area contributed by atoms with Crippen molar-refractivity contribution in [3.05, 3.63) is 71.8 Å². The van der Waals surface area contributed by atoms with Crippen molar-refractivity contribution in [3.63, 3.8) is 0 Å². The quantitative estimate of drug-likeness (QED) is 0.467. The fourth-order valence-electron chi connectivity index (χ4n) is 5.14. The van der Waals surface area contributed by atoms with Gasteiger partial charge in [0.25, 0.3) is 0 Å². The van der Waals surface area contributed by atoms with E-state index in [9.17, 15) is 13.2 Å². The number of rotatable bonds is 9. The van der Waals surface area contributed by atoms with Crippen LogP contribution in [0.25, 0.3) is 10.8 Å². The lowest BCUT2D eigenvalue weighted by molar-refractivity contribution is -0.136. The fourth-order valence-corrected chi connectivity index (χ4v) is 6.52. The zero-order chi connectivity index (χ0) is 24.3. The molecule has 2 N–H and O–H groups in total. The minimum atomic E-state index is -3.70. The van der Waals surface area contributed by atoms with Crippen molar-refractivity contribution in [2.24, 2.45) is 5.41 Å². The Bertz CT molecular complexity index is 1280. The highest BCUT2D eigenvalue weighted by Crippen LogP contribution is 2.41. The summed E-state index contributed by atoms with van der Waals surface area (Å²) in [6.07, 6.45) is 4.87. The summed E-state index contributed by atoms with van der Waals surface area (Å²) in [4.78, 5) is 13.2. The first kappa shape index (κ1) is 24.2. The van der Waals surface area contributed by atoms with Gasteiger partial charge in [-0.05, 0) is 47.9 Å². The van der Waals surface area contributed by atoms with Gasteiger partial charge in [-0.15, -0.1) is 0 Å². The molecule has 1 aliphatic carbocycles. The second kappa shape index (κ2) is 9.76. The van der Waals surface area contributed by atoms with Crippen molar-refractivity contribution < 1.29 is 18.3 Å². The lowest BCUT2D eigenvalue weighted by Crippen LogP contribution is -2.37. The van der Waals surface area contributed by atoms with Gasteiger partial charge in [0.15, 0.2) is 0 Å². The monoisotopic (exact) mass is 480 g/mol. The molecule has 0 amide bonds. The Morgan fingerprint density at radius 1 is 0.941 bits per heavy atom. The molecule has 34 heavy (non-hydrogen) atoms. The summed E-state index contributed by atoms with van der Waals surface area (Å²) in [6.45, 7) is 0.385. The number of nitrogens with zero attached hydrogens (tertiary/aromatic N) is 1. The van der Waals surface area contributed by atoms with Crippen LogP contribution in [-0.2, 0) is 27.7 Å². The molecule has 0 radical (unpaired) electrons. The smallest absolute Gasteiger partial charge is 0.307 e. The normalized spacial score (nSPS) is 15.5. The molecule has 180 valence electrons. The first-order valence-corrected chi connectivity index (χ1v) is 13.2. The van der Waals surface area contributed by atoms with E-state index in [1.165, 1.54) is 0 Å². The molecule has 3 aromatic carbocycles. The number of carboxylic acids is 1. The first-order valence-electron chi connectivity index (χ1n) is 11.7. The van der Waals surface area contributed by atoms with Crippen molar-refractivity contribution in [2.45, 2.75) is 43.4 Å². The van der Waals surface area contributed by atoms with Crippen LogP contribution in [0.1, 0.15) is 36.8 Å². The minimum Gasteiger partial charge on any atom is -0.481 e. The predicted molar refractivity (Wildman–Crippen MR) is 136 cm³/mol. The number of sulfonamides is 1. The number of nitrogens with one attached hydrogen (secondary N) is 1. The number of hydrogen-bond acceptors (Lipinski definition) is 4. The van der Waals surface area contributed by atoms with Gasteiger partial charge in [0, 0.05) is 37.1 Å². The Kier molecular flexibility index (Phi) is 6.96. The SMILES string of the molecule is CN(C)c1cccc2c(S(=O)(=O)NCC3(Cc4ccc(CC(=O)O)cc4)CCCC3)cccc12. The van der Waals surface area contributed by atoms with E-state index in [1.807, 2.05) is 67.5 Å². The average molecular weight is 481 g/mol. The number of hydrogen-bond donors (Lipinski definition) is 2. The van der Waals surface area contributed by atoms with Gasteiger partial charge in [0.2, 0.25) is 10.0 Å². The van der Waals surface area contributed by atoms with Crippen LogP contribution in [0.3, 0.4) is 0 Å². The van der Waals surface area contributed by atoms with Gasteiger partial charge in [-0.2, -0.15) is 0 Å². The van der Waals surface area contributed by atoms with Crippen molar-refractivity contribution in [2.75, 3.05) is 25.5 Å². The van der Waals surface area contributed by atoms with Gasteiger partial charge in [-0.1, -0.05) is 61.4 Å². The summed E-state index contributed by atoms with van der Waals surface area (Å²) in [7, 11) is 0.200. The van der Waals surface area contributed by atoms with Crippen molar-refractivity contribution in [1.29, 1.82) is 0 Å². The molecule has 1 saturated carbocycles. The molecule has 0 spiro atoms. The number of carbonyl (C=O) groups is 1. The number of carboxylic acid groups (broad SMARTS) is 1.